The summed E-state index contributed by atoms with van der Waals surface area (Å²) in [5, 5.41) is 8.76. The smallest absolute Gasteiger partial charge is 0.348 e. The number of rotatable bonds is 13. The predicted molar refractivity (Wildman–Crippen MR) is 184 cm³/mol. The minimum Gasteiger partial charge on any atom is -0.348 e. The highest BCUT2D eigenvalue weighted by molar-refractivity contribution is 6.16. The first-order valence-electron chi connectivity index (χ1n) is 16.4. The van der Waals surface area contributed by atoms with Crippen molar-refractivity contribution in [3.63, 3.8) is 0 Å². The highest BCUT2D eigenvalue weighted by Gasteiger charge is 2.38. The van der Waals surface area contributed by atoms with E-state index in [0.29, 0.717) is 24.2 Å². The Kier molecular flexibility index (Phi) is 15.9. The number of allylic oxidation sites excluding steroid dienone is 8. The highest BCUT2D eigenvalue weighted by atomic mass is 19.4. The number of carbonyl (C=O) groups is 1. The molecule has 3 heterocycles. The monoisotopic (exact) mass is 639 g/mol. The van der Waals surface area contributed by atoms with Gasteiger partial charge in [-0.05, 0) is 50.8 Å². The Morgan fingerprint density at radius 3 is 2.57 bits per heavy atom. The Bertz CT molecular complexity index is 1390. The van der Waals surface area contributed by atoms with Gasteiger partial charge in [-0.3, -0.25) is 9.79 Å². The normalized spacial score (nSPS) is 18.3. The average molecular weight is 640 g/mol. The van der Waals surface area contributed by atoms with Crippen molar-refractivity contribution in [3.8, 4) is 0 Å². The van der Waals surface area contributed by atoms with Gasteiger partial charge in [-0.15, -0.1) is 0 Å². The Morgan fingerprint density at radius 2 is 1.93 bits per heavy atom. The van der Waals surface area contributed by atoms with Crippen LogP contribution in [0.3, 0.4) is 0 Å². The molecule has 3 rings (SSSR count). The van der Waals surface area contributed by atoms with Crippen LogP contribution in [-0.4, -0.2) is 52.0 Å². The van der Waals surface area contributed by atoms with E-state index >= 15 is 0 Å². The fourth-order valence-electron chi connectivity index (χ4n) is 5.19. The summed E-state index contributed by atoms with van der Waals surface area (Å²) in [5.41, 5.74) is 2.31. The number of carbonyl (C=O) groups excluding carboxylic acids is 1. The molecule has 0 bridgehead atoms. The van der Waals surface area contributed by atoms with Crippen molar-refractivity contribution in [3.05, 3.63) is 88.1 Å². The molecule has 1 amide bonds. The van der Waals surface area contributed by atoms with Crippen molar-refractivity contribution >= 4 is 17.8 Å². The molecule has 9 heteroatoms. The quantitative estimate of drug-likeness (QED) is 0.128. The first-order chi connectivity index (χ1) is 21.9. The zero-order valence-corrected chi connectivity index (χ0v) is 28.6. The van der Waals surface area contributed by atoms with Crippen LogP contribution in [-0.2, 0) is 11.2 Å². The largest absolute Gasteiger partial charge is 0.416 e. The van der Waals surface area contributed by atoms with E-state index in [9.17, 15) is 18.0 Å². The molecule has 0 aliphatic carbocycles. The molecule has 1 unspecified atom stereocenters. The second kappa shape index (κ2) is 19.0. The molecule has 2 aliphatic heterocycles. The second-order valence-electron chi connectivity index (χ2n) is 11.9. The molecule has 0 saturated heterocycles. The Labute approximate surface area is 273 Å². The molecule has 2 N–H and O–H groups in total. The van der Waals surface area contributed by atoms with Crippen LogP contribution in [0.5, 0.6) is 0 Å². The van der Waals surface area contributed by atoms with Crippen molar-refractivity contribution in [1.82, 2.24) is 14.9 Å². The molecule has 0 fully saturated rings. The zero-order chi connectivity index (χ0) is 34.3. The van der Waals surface area contributed by atoms with Gasteiger partial charge in [-0.1, -0.05) is 101 Å². The summed E-state index contributed by atoms with van der Waals surface area (Å²) in [7, 11) is 0. The molecule has 6 nitrogen and oxygen atoms in total. The van der Waals surface area contributed by atoms with Crippen LogP contribution in [0, 0.1) is 11.3 Å². The number of hydrogen-bond donors (Lipinski definition) is 2. The highest BCUT2D eigenvalue weighted by Crippen LogP contribution is 2.34. The maximum atomic E-state index is 13.7. The SMILES string of the molecule is CCCCCCC(C)CC.C\C=C/C=C(\C(C)=C\C(=N)[C@@H]1c2nc[nH]c2CCN1C(=O)C1=C(/C=C\C(C)=C/C)CN=C1)C(F)(F)F. The number of amides is 1. The number of aliphatic imine (C=N–C) groups is 1. The minimum atomic E-state index is -4.59. The van der Waals surface area contributed by atoms with Gasteiger partial charge in [0.05, 0.1) is 35.4 Å². The number of nitrogens with one attached hydrogen (secondary N) is 2. The Balaban J connectivity index is 0.000000634. The fraction of sp³-hybridized carbons (Fsp3) is 0.514. The number of imidazole rings is 1. The summed E-state index contributed by atoms with van der Waals surface area (Å²) in [4.78, 5) is 26.8. The molecule has 0 saturated carbocycles. The summed E-state index contributed by atoms with van der Waals surface area (Å²) in [6.45, 7) is 14.4. The van der Waals surface area contributed by atoms with E-state index in [0.717, 1.165) is 28.8 Å². The van der Waals surface area contributed by atoms with Crippen molar-refractivity contribution in [2.75, 3.05) is 13.1 Å². The van der Waals surface area contributed by atoms with E-state index in [1.165, 1.54) is 81.1 Å². The molecule has 1 aromatic rings. The predicted octanol–water partition coefficient (Wildman–Crippen LogP) is 9.77. The summed E-state index contributed by atoms with van der Waals surface area (Å²) in [6, 6.07) is -0.928. The zero-order valence-electron chi connectivity index (χ0n) is 28.6. The van der Waals surface area contributed by atoms with Crippen LogP contribution in [0.2, 0.25) is 0 Å². The fourth-order valence-corrected chi connectivity index (χ4v) is 5.19. The van der Waals surface area contributed by atoms with Crippen LogP contribution in [0.1, 0.15) is 104 Å². The number of alkyl halides is 3. The van der Waals surface area contributed by atoms with Gasteiger partial charge in [-0.25, -0.2) is 4.98 Å². The number of H-pyrrole nitrogens is 1. The first kappa shape index (κ1) is 38.4. The van der Waals surface area contributed by atoms with E-state index in [4.69, 9.17) is 5.41 Å². The lowest BCUT2D eigenvalue weighted by molar-refractivity contribution is -0.128. The van der Waals surface area contributed by atoms with Crippen molar-refractivity contribution < 1.29 is 18.0 Å². The lowest BCUT2D eigenvalue weighted by Crippen LogP contribution is -2.44. The number of fused-ring (bicyclic) bond motifs is 1. The van der Waals surface area contributed by atoms with Gasteiger partial charge in [0, 0.05) is 24.9 Å². The van der Waals surface area contributed by atoms with Gasteiger partial charge in [0.25, 0.3) is 5.91 Å². The number of aromatic nitrogens is 2. The van der Waals surface area contributed by atoms with Crippen LogP contribution >= 0.6 is 0 Å². The topological polar surface area (TPSA) is 85.2 Å². The van der Waals surface area contributed by atoms with Crippen LogP contribution in [0.15, 0.2) is 81.7 Å². The number of unbranched alkanes of at least 4 members (excludes halogenated alkanes) is 3. The average Bonchev–Trinajstić information content (AvgIpc) is 3.70. The number of hydrogen-bond acceptors (Lipinski definition) is 4. The lowest BCUT2D eigenvalue weighted by atomic mass is 9.94. The van der Waals surface area contributed by atoms with Crippen molar-refractivity contribution in [2.24, 2.45) is 10.9 Å². The van der Waals surface area contributed by atoms with E-state index in [1.807, 2.05) is 32.1 Å². The van der Waals surface area contributed by atoms with E-state index in [2.05, 4.69) is 35.7 Å². The van der Waals surface area contributed by atoms with E-state index < -0.39 is 17.8 Å². The third-order valence-electron chi connectivity index (χ3n) is 8.35. The Morgan fingerprint density at radius 1 is 1.20 bits per heavy atom. The van der Waals surface area contributed by atoms with Crippen LogP contribution < -0.4 is 0 Å². The van der Waals surface area contributed by atoms with Crippen LogP contribution in [0.4, 0.5) is 13.2 Å². The standard InChI is InChI=1S/C27H30F3N5O.C10H22/c1-5-7-8-21(27(28,29)30)18(4)13-22(31)25-24-23(33-16-34-24)11-12-35(25)26(36)20-15-32-14-19(20)10-9-17(3)6-2;1-4-6-7-8-9-10(3)5-2/h5-10,13,15-16,25,31H,11-12,14H2,1-4H3,(H,33,34);10H,4-9H2,1-3H3/b7-5-,10-9-,17-6-,18-13+,21-8+,31-22?;/t25-;/m1./s1. The second-order valence-corrected chi connectivity index (χ2v) is 11.9. The number of aromatic amines is 1. The molecule has 252 valence electrons. The molecule has 2 aliphatic rings. The van der Waals surface area contributed by atoms with Gasteiger partial charge in [0.1, 0.15) is 6.04 Å². The molecule has 1 aromatic heterocycles. The van der Waals surface area contributed by atoms with Gasteiger partial charge in [0.15, 0.2) is 0 Å². The Hall–Kier alpha value is -3.75. The summed E-state index contributed by atoms with van der Waals surface area (Å²) in [5.74, 6) is 0.626. The lowest BCUT2D eigenvalue weighted by Gasteiger charge is -2.35. The minimum absolute atomic E-state index is 0.118. The van der Waals surface area contributed by atoms with Gasteiger partial charge < -0.3 is 15.3 Å². The first-order valence-corrected chi connectivity index (χ1v) is 16.4. The van der Waals surface area contributed by atoms with Gasteiger partial charge in [0.2, 0.25) is 0 Å². The molecular weight excluding hydrogens is 587 g/mol. The van der Waals surface area contributed by atoms with E-state index in [1.54, 1.807) is 6.92 Å². The molecule has 0 aromatic carbocycles. The summed E-state index contributed by atoms with van der Waals surface area (Å²) < 4.78 is 41.0. The summed E-state index contributed by atoms with van der Waals surface area (Å²) in [6.07, 6.45) is 18.1. The third kappa shape index (κ3) is 11.2. The maximum Gasteiger partial charge on any atom is 0.416 e. The molecule has 46 heavy (non-hydrogen) atoms. The van der Waals surface area contributed by atoms with Gasteiger partial charge >= 0.3 is 6.18 Å². The molecular formula is C37H52F3N5O. The number of halogens is 3. The van der Waals surface area contributed by atoms with Crippen LogP contribution in [0.25, 0.3) is 0 Å². The molecule has 2 atom stereocenters. The molecule has 0 radical (unpaired) electrons. The van der Waals surface area contributed by atoms with E-state index in [-0.39, 0.29) is 23.7 Å². The van der Waals surface area contributed by atoms with Gasteiger partial charge in [-0.2, -0.15) is 13.2 Å². The maximum absolute atomic E-state index is 13.7. The number of nitrogens with zero attached hydrogens (tertiary/aromatic N) is 3. The molecule has 0 spiro atoms. The summed E-state index contributed by atoms with van der Waals surface area (Å²) >= 11 is 0. The van der Waals surface area contributed by atoms with Crippen molar-refractivity contribution in [2.45, 2.75) is 106 Å². The van der Waals surface area contributed by atoms with Crippen molar-refractivity contribution in [1.29, 1.82) is 5.41 Å². The third-order valence-corrected chi connectivity index (χ3v) is 8.35.